The first-order valence-electron chi connectivity index (χ1n) is 4.89. The lowest BCUT2D eigenvalue weighted by atomic mass is 10.0. The molecule has 88 valence electrons. The Morgan fingerprint density at radius 2 is 1.94 bits per heavy atom. The van der Waals surface area contributed by atoms with E-state index >= 15 is 0 Å². The zero-order chi connectivity index (χ0) is 12.6. The third kappa shape index (κ3) is 2.18. The van der Waals surface area contributed by atoms with Crippen molar-refractivity contribution in [3.05, 3.63) is 40.9 Å². The van der Waals surface area contributed by atoms with Crippen molar-refractivity contribution in [1.29, 1.82) is 0 Å². The first-order valence-corrected chi connectivity index (χ1v) is 5.27. The van der Waals surface area contributed by atoms with Crippen molar-refractivity contribution >= 4 is 28.3 Å². The fourth-order valence-corrected chi connectivity index (χ4v) is 1.84. The van der Waals surface area contributed by atoms with Crippen LogP contribution < -0.4 is 5.73 Å². The van der Waals surface area contributed by atoms with Gasteiger partial charge < -0.3 is 15.9 Å². The van der Waals surface area contributed by atoms with Crippen LogP contribution in [0, 0.1) is 0 Å². The van der Waals surface area contributed by atoms with E-state index in [2.05, 4.69) is 0 Å². The van der Waals surface area contributed by atoms with Crippen LogP contribution in [0.15, 0.2) is 30.3 Å². The van der Waals surface area contributed by atoms with Crippen LogP contribution in [0.5, 0.6) is 5.75 Å². The number of hydrogen-bond donors (Lipinski definition) is 3. The zero-order valence-electron chi connectivity index (χ0n) is 8.72. The van der Waals surface area contributed by atoms with Crippen LogP contribution >= 0.6 is 11.6 Å². The molecule has 1 unspecified atom stereocenters. The minimum absolute atomic E-state index is 0.130. The van der Waals surface area contributed by atoms with Gasteiger partial charge in [0.1, 0.15) is 11.8 Å². The van der Waals surface area contributed by atoms with Gasteiger partial charge in [0.25, 0.3) is 0 Å². The number of halogens is 1. The standard InChI is InChI=1S/C12H10ClNO3/c13-8-2-1-6-5-10(15)9(4-7(6)3-8)11(14)12(16)17/h1-5,11,15H,14H2,(H,16,17). The van der Waals surface area contributed by atoms with Gasteiger partial charge in [0, 0.05) is 10.6 Å². The van der Waals surface area contributed by atoms with Crippen molar-refractivity contribution in [2.45, 2.75) is 6.04 Å². The molecule has 4 nitrogen and oxygen atoms in total. The summed E-state index contributed by atoms with van der Waals surface area (Å²) in [6.07, 6.45) is 0. The van der Waals surface area contributed by atoms with E-state index < -0.39 is 12.0 Å². The highest BCUT2D eigenvalue weighted by Crippen LogP contribution is 2.30. The number of phenolic OH excluding ortho intramolecular Hbond substituents is 1. The molecule has 17 heavy (non-hydrogen) atoms. The number of rotatable bonds is 2. The Hall–Kier alpha value is -1.78. The van der Waals surface area contributed by atoms with E-state index in [0.29, 0.717) is 5.02 Å². The number of nitrogens with two attached hydrogens (primary N) is 1. The van der Waals surface area contributed by atoms with E-state index in [9.17, 15) is 9.90 Å². The van der Waals surface area contributed by atoms with E-state index in [0.717, 1.165) is 10.8 Å². The molecule has 5 heteroatoms. The molecule has 2 rings (SSSR count). The summed E-state index contributed by atoms with van der Waals surface area (Å²) in [6, 6.07) is 6.89. The predicted octanol–water partition coefficient (Wildman–Crippen LogP) is 2.28. The van der Waals surface area contributed by atoms with Gasteiger partial charge in [-0.2, -0.15) is 0 Å². The van der Waals surface area contributed by atoms with Gasteiger partial charge in [0.05, 0.1) is 0 Å². The first kappa shape index (κ1) is 11.7. The molecule has 0 amide bonds. The molecule has 2 aromatic rings. The van der Waals surface area contributed by atoms with Crippen LogP contribution in [0.1, 0.15) is 11.6 Å². The van der Waals surface area contributed by atoms with Gasteiger partial charge >= 0.3 is 5.97 Å². The Bertz CT molecular complexity index is 598. The Morgan fingerprint density at radius 3 is 2.59 bits per heavy atom. The molecule has 0 saturated carbocycles. The molecule has 0 heterocycles. The molecule has 0 spiro atoms. The molecule has 0 aliphatic rings. The number of phenols is 1. The first-order chi connectivity index (χ1) is 7.99. The molecule has 0 bridgehead atoms. The van der Waals surface area contributed by atoms with E-state index in [1.165, 1.54) is 12.1 Å². The third-order valence-corrected chi connectivity index (χ3v) is 2.78. The largest absolute Gasteiger partial charge is 0.508 e. The van der Waals surface area contributed by atoms with Crippen molar-refractivity contribution in [1.82, 2.24) is 0 Å². The summed E-state index contributed by atoms with van der Waals surface area (Å²) in [5.74, 6) is -1.32. The quantitative estimate of drug-likeness (QED) is 0.765. The minimum atomic E-state index is -1.25. The molecule has 2 aromatic carbocycles. The predicted molar refractivity (Wildman–Crippen MR) is 65.2 cm³/mol. The summed E-state index contributed by atoms with van der Waals surface area (Å²) in [5, 5.41) is 20.6. The van der Waals surface area contributed by atoms with Gasteiger partial charge in [-0.25, -0.2) is 0 Å². The van der Waals surface area contributed by atoms with Gasteiger partial charge in [-0.3, -0.25) is 4.79 Å². The molecule has 0 saturated heterocycles. The molecular formula is C12H10ClNO3. The lowest BCUT2D eigenvalue weighted by Crippen LogP contribution is -2.20. The van der Waals surface area contributed by atoms with Gasteiger partial charge in [-0.05, 0) is 35.0 Å². The fourth-order valence-electron chi connectivity index (χ4n) is 1.66. The molecule has 0 fully saturated rings. The fraction of sp³-hybridized carbons (Fsp3) is 0.0833. The third-order valence-electron chi connectivity index (χ3n) is 2.55. The zero-order valence-corrected chi connectivity index (χ0v) is 9.48. The minimum Gasteiger partial charge on any atom is -0.508 e. The number of carboxylic acids is 1. The number of carboxylic acid groups (broad SMARTS) is 1. The van der Waals surface area contributed by atoms with Crippen molar-refractivity contribution < 1.29 is 15.0 Å². The SMILES string of the molecule is NC(C(=O)O)c1cc2cc(Cl)ccc2cc1O. The molecule has 0 aliphatic heterocycles. The second-order valence-electron chi connectivity index (χ2n) is 3.72. The Kier molecular flexibility index (Phi) is 2.92. The maximum Gasteiger partial charge on any atom is 0.325 e. The molecule has 0 radical (unpaired) electrons. The highest BCUT2D eigenvalue weighted by Gasteiger charge is 2.18. The number of benzene rings is 2. The molecule has 4 N–H and O–H groups in total. The maximum atomic E-state index is 10.8. The van der Waals surface area contributed by atoms with E-state index in [4.69, 9.17) is 22.4 Å². The summed E-state index contributed by atoms with van der Waals surface area (Å²) in [7, 11) is 0. The molecule has 1 atom stereocenters. The second-order valence-corrected chi connectivity index (χ2v) is 4.15. The number of aromatic hydroxyl groups is 1. The lowest BCUT2D eigenvalue weighted by Gasteiger charge is -2.10. The van der Waals surface area contributed by atoms with Crippen molar-refractivity contribution in [3.8, 4) is 5.75 Å². The highest BCUT2D eigenvalue weighted by molar-refractivity contribution is 6.31. The number of hydrogen-bond acceptors (Lipinski definition) is 3. The summed E-state index contributed by atoms with van der Waals surface area (Å²) >= 11 is 5.84. The van der Waals surface area contributed by atoms with Crippen LogP contribution in [0.2, 0.25) is 5.02 Å². The van der Waals surface area contributed by atoms with E-state index in [-0.39, 0.29) is 11.3 Å². The monoisotopic (exact) mass is 251 g/mol. The second kappa shape index (κ2) is 4.24. The van der Waals surface area contributed by atoms with Crippen LogP contribution in [-0.2, 0) is 4.79 Å². The van der Waals surface area contributed by atoms with Crippen LogP contribution in [0.25, 0.3) is 10.8 Å². The molecule has 0 aliphatic carbocycles. The number of fused-ring (bicyclic) bond motifs is 1. The van der Waals surface area contributed by atoms with E-state index in [1.807, 2.05) is 0 Å². The maximum absolute atomic E-state index is 10.8. The Labute approximate surface area is 102 Å². The molecule has 0 aromatic heterocycles. The smallest absolute Gasteiger partial charge is 0.325 e. The Morgan fingerprint density at radius 1 is 1.24 bits per heavy atom. The topological polar surface area (TPSA) is 83.6 Å². The average Bonchev–Trinajstić information content (AvgIpc) is 2.27. The molecular weight excluding hydrogens is 242 g/mol. The van der Waals surface area contributed by atoms with Gasteiger partial charge in [0.2, 0.25) is 0 Å². The Balaban J connectivity index is 2.65. The summed E-state index contributed by atoms with van der Waals surface area (Å²) < 4.78 is 0. The lowest BCUT2D eigenvalue weighted by molar-refractivity contribution is -0.138. The van der Waals surface area contributed by atoms with Crippen molar-refractivity contribution in [2.24, 2.45) is 5.73 Å². The van der Waals surface area contributed by atoms with Gasteiger partial charge in [0.15, 0.2) is 0 Å². The highest BCUT2D eigenvalue weighted by atomic mass is 35.5. The van der Waals surface area contributed by atoms with Crippen LogP contribution in [-0.4, -0.2) is 16.2 Å². The number of aliphatic carboxylic acids is 1. The summed E-state index contributed by atoms with van der Waals surface area (Å²) in [5.41, 5.74) is 5.65. The van der Waals surface area contributed by atoms with Crippen molar-refractivity contribution in [2.75, 3.05) is 0 Å². The summed E-state index contributed by atoms with van der Waals surface area (Å²) in [6.45, 7) is 0. The normalized spacial score (nSPS) is 12.6. The van der Waals surface area contributed by atoms with E-state index in [1.54, 1.807) is 18.2 Å². The van der Waals surface area contributed by atoms with Crippen LogP contribution in [0.3, 0.4) is 0 Å². The van der Waals surface area contributed by atoms with Crippen LogP contribution in [0.4, 0.5) is 0 Å². The average molecular weight is 252 g/mol. The summed E-state index contributed by atoms with van der Waals surface area (Å²) in [4.78, 5) is 10.8. The number of carbonyl (C=O) groups is 1. The van der Waals surface area contributed by atoms with Crippen molar-refractivity contribution in [3.63, 3.8) is 0 Å². The van der Waals surface area contributed by atoms with Gasteiger partial charge in [-0.15, -0.1) is 0 Å². The van der Waals surface area contributed by atoms with Gasteiger partial charge in [-0.1, -0.05) is 17.7 Å².